The van der Waals surface area contributed by atoms with Crippen LogP contribution in [0.5, 0.6) is 0 Å². The highest BCUT2D eigenvalue weighted by molar-refractivity contribution is 5.93. The van der Waals surface area contributed by atoms with Gasteiger partial charge in [0.05, 0.1) is 11.4 Å². The van der Waals surface area contributed by atoms with Crippen LogP contribution < -0.4 is 10.9 Å². The number of amides is 1. The molecule has 1 N–H and O–H groups in total. The Morgan fingerprint density at radius 2 is 1.80 bits per heavy atom. The molecule has 0 aliphatic carbocycles. The van der Waals surface area contributed by atoms with Crippen LogP contribution in [0, 0.1) is 6.92 Å². The van der Waals surface area contributed by atoms with Crippen molar-refractivity contribution >= 4 is 5.91 Å². The molecule has 1 aromatic heterocycles. The van der Waals surface area contributed by atoms with E-state index in [-0.39, 0.29) is 5.56 Å². The van der Waals surface area contributed by atoms with Gasteiger partial charge in [0.1, 0.15) is 5.56 Å². The highest BCUT2D eigenvalue weighted by atomic mass is 16.2. The third-order valence-electron chi connectivity index (χ3n) is 2.51. The van der Waals surface area contributed by atoms with Crippen molar-refractivity contribution in [1.29, 1.82) is 0 Å². The Kier molecular flexibility index (Phi) is 5.65. The lowest BCUT2D eigenvalue weighted by Gasteiger charge is -2.07. The highest BCUT2D eigenvalue weighted by Crippen LogP contribution is 2.04. The summed E-state index contributed by atoms with van der Waals surface area (Å²) in [6.07, 6.45) is 0. The number of para-hydroxylation sites is 1. The van der Waals surface area contributed by atoms with Gasteiger partial charge in [-0.2, -0.15) is 9.78 Å². The topological polar surface area (TPSA) is 64.0 Å². The monoisotopic (exact) mass is 273 g/mol. The molecule has 0 aliphatic heterocycles. The molecule has 0 atom stereocenters. The van der Waals surface area contributed by atoms with Crippen molar-refractivity contribution in [1.82, 2.24) is 15.1 Å². The van der Waals surface area contributed by atoms with E-state index < -0.39 is 11.5 Å². The number of hydrogen-bond acceptors (Lipinski definition) is 3. The number of hydrogen-bond donors (Lipinski definition) is 1. The second-order valence-corrected chi connectivity index (χ2v) is 3.83. The van der Waals surface area contributed by atoms with Crippen LogP contribution >= 0.6 is 0 Å². The number of nitrogens with zero attached hydrogens (tertiary/aromatic N) is 2. The molecule has 106 valence electrons. The lowest BCUT2D eigenvalue weighted by molar-refractivity contribution is 0.0961. The lowest BCUT2D eigenvalue weighted by atomic mass is 10.2. The van der Waals surface area contributed by atoms with Crippen molar-refractivity contribution in [2.75, 3.05) is 7.05 Å². The van der Waals surface area contributed by atoms with Crippen LogP contribution in [0.1, 0.15) is 29.9 Å². The van der Waals surface area contributed by atoms with Crippen molar-refractivity contribution in [2.24, 2.45) is 0 Å². The zero-order chi connectivity index (χ0) is 15.1. The second kappa shape index (κ2) is 7.23. The predicted octanol–water partition coefficient (Wildman–Crippen LogP) is 1.93. The molecule has 0 fully saturated rings. The molecule has 0 aliphatic rings. The maximum absolute atomic E-state index is 12.2. The summed E-state index contributed by atoms with van der Waals surface area (Å²) in [6.45, 7) is 5.74. The number of carbonyl (C=O) groups is 1. The molecular weight excluding hydrogens is 254 g/mol. The fourth-order valence-electron chi connectivity index (χ4n) is 1.66. The first-order chi connectivity index (χ1) is 9.63. The van der Waals surface area contributed by atoms with E-state index in [9.17, 15) is 9.59 Å². The highest BCUT2D eigenvalue weighted by Gasteiger charge is 2.13. The van der Waals surface area contributed by atoms with Gasteiger partial charge in [0.2, 0.25) is 0 Å². The van der Waals surface area contributed by atoms with Crippen molar-refractivity contribution in [3.63, 3.8) is 0 Å². The first-order valence-corrected chi connectivity index (χ1v) is 6.52. The van der Waals surface area contributed by atoms with Crippen molar-refractivity contribution in [3.8, 4) is 5.69 Å². The number of rotatable bonds is 2. The molecule has 0 unspecified atom stereocenters. The van der Waals surface area contributed by atoms with E-state index in [2.05, 4.69) is 10.4 Å². The van der Waals surface area contributed by atoms with Gasteiger partial charge in [-0.05, 0) is 25.1 Å². The minimum Gasteiger partial charge on any atom is -0.355 e. The standard InChI is InChI=1S/C13H13N3O2.C2H6/c1-9-8-11(12(17)14-2)13(18)16(15-9)10-6-4-3-5-7-10;1-2/h3-8H,1-2H3,(H,14,17);1-2H3. The van der Waals surface area contributed by atoms with Gasteiger partial charge >= 0.3 is 0 Å². The zero-order valence-electron chi connectivity index (χ0n) is 12.2. The summed E-state index contributed by atoms with van der Waals surface area (Å²) < 4.78 is 1.24. The summed E-state index contributed by atoms with van der Waals surface area (Å²) in [6, 6.07) is 10.5. The van der Waals surface area contributed by atoms with Gasteiger partial charge in [-0.1, -0.05) is 32.0 Å². The predicted molar refractivity (Wildman–Crippen MR) is 79.3 cm³/mol. The molecular formula is C15H19N3O2. The Morgan fingerprint density at radius 3 is 2.35 bits per heavy atom. The zero-order valence-corrected chi connectivity index (χ0v) is 12.2. The Morgan fingerprint density at radius 1 is 1.20 bits per heavy atom. The molecule has 20 heavy (non-hydrogen) atoms. The molecule has 0 radical (unpaired) electrons. The summed E-state index contributed by atoms with van der Waals surface area (Å²) in [5.74, 6) is -0.407. The van der Waals surface area contributed by atoms with E-state index >= 15 is 0 Å². The van der Waals surface area contributed by atoms with Crippen LogP contribution in [0.2, 0.25) is 0 Å². The van der Waals surface area contributed by atoms with Gasteiger partial charge in [-0.15, -0.1) is 0 Å². The van der Waals surface area contributed by atoms with Crippen LogP contribution in [-0.4, -0.2) is 22.7 Å². The summed E-state index contributed by atoms with van der Waals surface area (Å²) in [5, 5.41) is 6.59. The first-order valence-electron chi connectivity index (χ1n) is 6.52. The number of nitrogens with one attached hydrogen (secondary N) is 1. The van der Waals surface area contributed by atoms with Gasteiger partial charge in [-0.3, -0.25) is 9.59 Å². The van der Waals surface area contributed by atoms with Crippen LogP contribution in [-0.2, 0) is 0 Å². The van der Waals surface area contributed by atoms with E-state index in [4.69, 9.17) is 0 Å². The molecule has 1 amide bonds. The number of benzene rings is 1. The van der Waals surface area contributed by atoms with Gasteiger partial charge < -0.3 is 5.32 Å². The second-order valence-electron chi connectivity index (χ2n) is 3.83. The number of aryl methyl sites for hydroxylation is 1. The third kappa shape index (κ3) is 3.32. The minimum atomic E-state index is -0.425. The maximum atomic E-state index is 12.2. The van der Waals surface area contributed by atoms with Gasteiger partial charge in [0, 0.05) is 7.05 Å². The molecule has 0 saturated carbocycles. The SMILES string of the molecule is CC.CNC(=O)c1cc(C)nn(-c2ccccc2)c1=O. The van der Waals surface area contributed by atoms with E-state index in [1.54, 1.807) is 19.1 Å². The average molecular weight is 273 g/mol. The molecule has 5 heteroatoms. The Bertz CT molecular complexity index is 633. The Hall–Kier alpha value is -2.43. The molecule has 2 aromatic rings. The van der Waals surface area contributed by atoms with Crippen LogP contribution in [0.4, 0.5) is 0 Å². The van der Waals surface area contributed by atoms with E-state index in [1.807, 2.05) is 32.0 Å². The summed E-state index contributed by atoms with van der Waals surface area (Å²) in [5.41, 5.74) is 0.911. The van der Waals surface area contributed by atoms with Gasteiger partial charge in [0.25, 0.3) is 11.5 Å². The smallest absolute Gasteiger partial charge is 0.284 e. The Labute approximate surface area is 118 Å². The molecule has 5 nitrogen and oxygen atoms in total. The first kappa shape index (κ1) is 15.6. The van der Waals surface area contributed by atoms with E-state index in [0.717, 1.165) is 0 Å². The minimum absolute atomic E-state index is 0.0915. The van der Waals surface area contributed by atoms with Gasteiger partial charge in [-0.25, -0.2) is 0 Å². The van der Waals surface area contributed by atoms with Crippen molar-refractivity contribution in [3.05, 3.63) is 58.0 Å². The summed E-state index contributed by atoms with van der Waals surface area (Å²) in [7, 11) is 1.49. The maximum Gasteiger partial charge on any atom is 0.284 e. The molecule has 0 saturated heterocycles. The largest absolute Gasteiger partial charge is 0.355 e. The molecule has 1 aromatic carbocycles. The van der Waals surface area contributed by atoms with E-state index in [0.29, 0.717) is 11.4 Å². The fraction of sp³-hybridized carbons (Fsp3) is 0.267. The fourth-order valence-corrected chi connectivity index (χ4v) is 1.66. The van der Waals surface area contributed by atoms with E-state index in [1.165, 1.54) is 17.8 Å². The number of carbonyl (C=O) groups excluding carboxylic acids is 1. The van der Waals surface area contributed by atoms with Crippen LogP contribution in [0.3, 0.4) is 0 Å². The normalized spacial score (nSPS) is 9.40. The van der Waals surface area contributed by atoms with Gasteiger partial charge in [0.15, 0.2) is 0 Å². The average Bonchev–Trinajstić information content (AvgIpc) is 2.51. The number of aromatic nitrogens is 2. The summed E-state index contributed by atoms with van der Waals surface area (Å²) in [4.78, 5) is 23.8. The van der Waals surface area contributed by atoms with Crippen molar-refractivity contribution < 1.29 is 4.79 Å². The quantitative estimate of drug-likeness (QED) is 0.909. The Balaban J connectivity index is 0.000000956. The van der Waals surface area contributed by atoms with Crippen LogP contribution in [0.25, 0.3) is 5.69 Å². The lowest BCUT2D eigenvalue weighted by Crippen LogP contribution is -2.32. The molecule has 1 heterocycles. The third-order valence-corrected chi connectivity index (χ3v) is 2.51. The summed E-state index contributed by atoms with van der Waals surface area (Å²) >= 11 is 0. The van der Waals surface area contributed by atoms with Crippen molar-refractivity contribution in [2.45, 2.75) is 20.8 Å². The molecule has 0 spiro atoms. The molecule has 0 bridgehead atoms. The molecule has 2 rings (SSSR count). The van der Waals surface area contributed by atoms with Crippen LogP contribution in [0.15, 0.2) is 41.2 Å².